The molecule has 0 aliphatic rings. The summed E-state index contributed by atoms with van der Waals surface area (Å²) < 4.78 is 5.64. The van der Waals surface area contributed by atoms with E-state index in [1.807, 2.05) is 30.3 Å². The molecule has 1 N–H and O–H groups in total. The van der Waals surface area contributed by atoms with Crippen molar-refractivity contribution in [2.75, 3.05) is 11.9 Å². The maximum atomic E-state index is 6.10. The summed E-state index contributed by atoms with van der Waals surface area (Å²) in [6.45, 7) is 0.597. The Hall–Kier alpha value is -2.04. The quantitative estimate of drug-likeness (QED) is 0.735. The zero-order chi connectivity index (χ0) is 15.4. The highest BCUT2D eigenvalue weighted by molar-refractivity contribution is 6.39. The average molecular weight is 334 g/mol. The first-order chi connectivity index (χ1) is 10.7. The maximum absolute atomic E-state index is 6.10. The monoisotopic (exact) mass is 333 g/mol. The van der Waals surface area contributed by atoms with Gasteiger partial charge in [-0.05, 0) is 24.3 Å². The van der Waals surface area contributed by atoms with Crippen LogP contribution in [0.3, 0.4) is 0 Å². The Bertz CT molecular complexity index is 739. The van der Waals surface area contributed by atoms with E-state index >= 15 is 0 Å². The van der Waals surface area contributed by atoms with Gasteiger partial charge in [0.15, 0.2) is 0 Å². The zero-order valence-electron chi connectivity index (χ0n) is 11.6. The number of para-hydroxylation sites is 1. The van der Waals surface area contributed by atoms with E-state index in [2.05, 4.69) is 15.5 Å². The Labute approximate surface area is 138 Å². The molecule has 1 aromatic heterocycles. The lowest BCUT2D eigenvalue weighted by Crippen LogP contribution is -2.06. The fraction of sp³-hybridized carbons (Fsp3) is 0.125. The van der Waals surface area contributed by atoms with Crippen molar-refractivity contribution in [3.8, 4) is 11.5 Å². The number of nitrogens with one attached hydrogen (secondary N) is 1. The van der Waals surface area contributed by atoms with Gasteiger partial charge in [0.1, 0.15) is 0 Å². The summed E-state index contributed by atoms with van der Waals surface area (Å²) in [5.41, 5.74) is 1.62. The van der Waals surface area contributed by atoms with Gasteiger partial charge in [-0.15, -0.1) is 10.2 Å². The molecule has 0 aliphatic heterocycles. The van der Waals surface area contributed by atoms with Crippen molar-refractivity contribution < 1.29 is 4.42 Å². The number of anilines is 1. The molecule has 4 nitrogen and oxygen atoms in total. The van der Waals surface area contributed by atoms with Crippen LogP contribution >= 0.6 is 23.2 Å². The Morgan fingerprint density at radius 2 is 1.64 bits per heavy atom. The van der Waals surface area contributed by atoms with Crippen LogP contribution in [0.5, 0.6) is 0 Å². The van der Waals surface area contributed by atoms with E-state index < -0.39 is 0 Å². The van der Waals surface area contributed by atoms with Gasteiger partial charge in [-0.2, -0.15) is 0 Å². The third kappa shape index (κ3) is 3.40. The Morgan fingerprint density at radius 1 is 0.909 bits per heavy atom. The number of rotatable bonds is 5. The molecule has 112 valence electrons. The van der Waals surface area contributed by atoms with Crippen LogP contribution in [-0.4, -0.2) is 16.7 Å². The number of halogens is 2. The summed E-state index contributed by atoms with van der Waals surface area (Å²) in [5.74, 6) is 1.08. The third-order valence-electron chi connectivity index (χ3n) is 3.09. The van der Waals surface area contributed by atoms with Crippen molar-refractivity contribution in [1.29, 1.82) is 0 Å². The second-order valence-corrected chi connectivity index (χ2v) is 5.45. The first-order valence-electron chi connectivity index (χ1n) is 6.80. The van der Waals surface area contributed by atoms with E-state index in [1.54, 1.807) is 18.2 Å². The standard InChI is InChI=1S/C16H13Cl2N3O/c17-12-7-4-8-13(18)15(12)19-10-9-14-20-21-16(22-14)11-5-2-1-3-6-11/h1-8,19H,9-10H2. The molecular weight excluding hydrogens is 321 g/mol. The molecule has 0 saturated carbocycles. The van der Waals surface area contributed by atoms with Crippen LogP contribution in [-0.2, 0) is 6.42 Å². The summed E-state index contributed by atoms with van der Waals surface area (Å²) in [6.07, 6.45) is 0.585. The van der Waals surface area contributed by atoms with Gasteiger partial charge in [-0.1, -0.05) is 47.5 Å². The Kier molecular flexibility index (Phi) is 4.61. The molecule has 2 aromatic carbocycles. The lowest BCUT2D eigenvalue weighted by Gasteiger charge is -2.08. The van der Waals surface area contributed by atoms with Gasteiger partial charge in [0.05, 0.1) is 15.7 Å². The molecule has 0 atom stereocenters. The van der Waals surface area contributed by atoms with E-state index in [9.17, 15) is 0 Å². The highest BCUT2D eigenvalue weighted by Crippen LogP contribution is 2.29. The van der Waals surface area contributed by atoms with Crippen molar-refractivity contribution in [2.24, 2.45) is 0 Å². The van der Waals surface area contributed by atoms with Crippen LogP contribution in [0.25, 0.3) is 11.5 Å². The second-order valence-electron chi connectivity index (χ2n) is 4.64. The topological polar surface area (TPSA) is 51.0 Å². The van der Waals surface area contributed by atoms with Crippen LogP contribution in [0.4, 0.5) is 5.69 Å². The van der Waals surface area contributed by atoms with Crippen LogP contribution in [0.2, 0.25) is 10.0 Å². The van der Waals surface area contributed by atoms with E-state index in [0.717, 1.165) is 5.56 Å². The summed E-state index contributed by atoms with van der Waals surface area (Å²) in [6, 6.07) is 15.0. The van der Waals surface area contributed by atoms with E-state index in [0.29, 0.717) is 40.5 Å². The smallest absolute Gasteiger partial charge is 0.247 e. The molecule has 0 amide bonds. The summed E-state index contributed by atoms with van der Waals surface area (Å²) in [7, 11) is 0. The van der Waals surface area contributed by atoms with E-state index in [-0.39, 0.29) is 0 Å². The summed E-state index contributed by atoms with van der Waals surface area (Å²) in [5, 5.41) is 12.5. The van der Waals surface area contributed by atoms with Gasteiger partial charge < -0.3 is 9.73 Å². The number of hydrogen-bond acceptors (Lipinski definition) is 4. The lowest BCUT2D eigenvalue weighted by atomic mass is 10.2. The minimum absolute atomic E-state index is 0.520. The molecule has 0 fully saturated rings. The fourth-order valence-electron chi connectivity index (χ4n) is 2.01. The molecule has 0 radical (unpaired) electrons. The molecule has 0 saturated heterocycles. The van der Waals surface area contributed by atoms with E-state index in [1.165, 1.54) is 0 Å². The molecule has 0 unspecified atom stereocenters. The number of aromatic nitrogens is 2. The minimum Gasteiger partial charge on any atom is -0.421 e. The third-order valence-corrected chi connectivity index (χ3v) is 3.72. The predicted molar refractivity (Wildman–Crippen MR) is 88.4 cm³/mol. The average Bonchev–Trinajstić information content (AvgIpc) is 3.00. The van der Waals surface area contributed by atoms with Crippen molar-refractivity contribution >= 4 is 28.9 Å². The molecule has 0 spiro atoms. The van der Waals surface area contributed by atoms with Crippen molar-refractivity contribution in [3.05, 3.63) is 64.5 Å². The summed E-state index contributed by atoms with van der Waals surface area (Å²) >= 11 is 12.2. The van der Waals surface area contributed by atoms with Crippen molar-refractivity contribution in [3.63, 3.8) is 0 Å². The highest BCUT2D eigenvalue weighted by Gasteiger charge is 2.09. The van der Waals surface area contributed by atoms with Crippen LogP contribution in [0.15, 0.2) is 52.9 Å². The molecule has 3 aromatic rings. The minimum atomic E-state index is 0.520. The highest BCUT2D eigenvalue weighted by atomic mass is 35.5. The molecule has 3 rings (SSSR count). The van der Waals surface area contributed by atoms with Crippen LogP contribution in [0.1, 0.15) is 5.89 Å². The largest absolute Gasteiger partial charge is 0.421 e. The zero-order valence-corrected chi connectivity index (χ0v) is 13.1. The fourth-order valence-corrected chi connectivity index (χ4v) is 2.54. The first-order valence-corrected chi connectivity index (χ1v) is 7.55. The van der Waals surface area contributed by atoms with Crippen molar-refractivity contribution in [2.45, 2.75) is 6.42 Å². The molecule has 6 heteroatoms. The van der Waals surface area contributed by atoms with Crippen LogP contribution < -0.4 is 5.32 Å². The predicted octanol–water partition coefficient (Wildman–Crippen LogP) is 4.70. The Balaban J connectivity index is 1.62. The first kappa shape index (κ1) is 14.9. The number of nitrogens with zero attached hydrogens (tertiary/aromatic N) is 2. The number of hydrogen-bond donors (Lipinski definition) is 1. The molecule has 0 aliphatic carbocycles. The van der Waals surface area contributed by atoms with Gasteiger partial charge in [-0.25, -0.2) is 0 Å². The van der Waals surface area contributed by atoms with Gasteiger partial charge in [0, 0.05) is 18.5 Å². The lowest BCUT2D eigenvalue weighted by molar-refractivity contribution is 0.509. The van der Waals surface area contributed by atoms with Gasteiger partial charge >= 0.3 is 0 Å². The maximum Gasteiger partial charge on any atom is 0.247 e. The van der Waals surface area contributed by atoms with Gasteiger partial charge in [0.2, 0.25) is 11.8 Å². The molecule has 22 heavy (non-hydrogen) atoms. The van der Waals surface area contributed by atoms with Gasteiger partial charge in [0.25, 0.3) is 0 Å². The Morgan fingerprint density at radius 3 is 2.36 bits per heavy atom. The SMILES string of the molecule is Clc1cccc(Cl)c1NCCc1nnc(-c2ccccc2)o1. The van der Waals surface area contributed by atoms with Crippen molar-refractivity contribution in [1.82, 2.24) is 10.2 Å². The second kappa shape index (κ2) is 6.81. The molecule has 0 bridgehead atoms. The van der Waals surface area contributed by atoms with Crippen LogP contribution in [0, 0.1) is 0 Å². The summed E-state index contributed by atoms with van der Waals surface area (Å²) in [4.78, 5) is 0. The molecular formula is C16H13Cl2N3O. The molecule has 1 heterocycles. The van der Waals surface area contributed by atoms with Gasteiger partial charge in [-0.3, -0.25) is 0 Å². The number of benzene rings is 2. The van der Waals surface area contributed by atoms with E-state index in [4.69, 9.17) is 27.6 Å². The normalized spacial score (nSPS) is 10.6.